The summed E-state index contributed by atoms with van der Waals surface area (Å²) in [5.41, 5.74) is 10.3. The Morgan fingerprint density at radius 3 is 1.27 bits per heavy atom. The van der Waals surface area contributed by atoms with E-state index in [0.717, 1.165) is 13.1 Å². The molecule has 0 saturated heterocycles. The van der Waals surface area contributed by atoms with Gasteiger partial charge < -0.3 is 25.9 Å². The Hall–Kier alpha value is 1.70. The van der Waals surface area contributed by atoms with Gasteiger partial charge in [0.05, 0.1) is 20.2 Å². The fourth-order valence-electron chi connectivity index (χ4n) is 1.06. The van der Waals surface area contributed by atoms with Crippen molar-refractivity contribution < 1.29 is 85.1 Å². The molecular formula is C9H23N3Na2O6S2. The van der Waals surface area contributed by atoms with E-state index in [0.29, 0.717) is 13.1 Å². The van der Waals surface area contributed by atoms with Gasteiger partial charge in [0.2, 0.25) is 0 Å². The van der Waals surface area contributed by atoms with E-state index in [-0.39, 0.29) is 78.4 Å². The van der Waals surface area contributed by atoms with Crippen LogP contribution in [0.4, 0.5) is 0 Å². The van der Waals surface area contributed by atoms with Gasteiger partial charge in [-0.3, -0.25) is 0 Å². The zero-order chi connectivity index (χ0) is 16.1. The van der Waals surface area contributed by atoms with Crippen LogP contribution in [-0.4, -0.2) is 63.6 Å². The number of nitrogens with two attached hydrogens (primary N) is 2. The van der Waals surface area contributed by atoms with E-state index < -0.39 is 31.7 Å². The molecule has 9 nitrogen and oxygen atoms in total. The molecule has 0 amide bonds. The molecule has 13 heteroatoms. The second-order valence-corrected chi connectivity index (χ2v) is 6.96. The normalized spacial score (nSPS) is 10.7. The predicted octanol–water partition coefficient (Wildman–Crippen LogP) is -8.25. The van der Waals surface area contributed by atoms with Gasteiger partial charge in [-0.25, -0.2) is 16.8 Å². The summed E-state index contributed by atoms with van der Waals surface area (Å²) in [7, 11) is -8.44. The smallest absolute Gasteiger partial charge is 0.748 e. The molecule has 0 spiro atoms. The van der Waals surface area contributed by atoms with Crippen molar-refractivity contribution in [2.45, 2.75) is 19.3 Å². The molecule has 0 aliphatic carbocycles. The molecule has 0 heterocycles. The molecule has 0 bridgehead atoms. The van der Waals surface area contributed by atoms with Crippen molar-refractivity contribution in [2.75, 3.05) is 37.7 Å². The molecule has 124 valence electrons. The van der Waals surface area contributed by atoms with Crippen LogP contribution in [0.5, 0.6) is 0 Å². The Bertz CT molecular complexity index is 381. The minimum Gasteiger partial charge on any atom is -0.748 e. The van der Waals surface area contributed by atoms with Crippen molar-refractivity contribution in [1.82, 2.24) is 5.32 Å². The van der Waals surface area contributed by atoms with E-state index in [9.17, 15) is 25.9 Å². The molecule has 0 atom stereocenters. The summed E-state index contributed by atoms with van der Waals surface area (Å²) < 4.78 is 60.3. The van der Waals surface area contributed by atoms with Crippen molar-refractivity contribution in [3.8, 4) is 0 Å². The van der Waals surface area contributed by atoms with Gasteiger partial charge in [-0.15, -0.1) is 0 Å². The molecule has 0 aromatic rings. The Labute approximate surface area is 177 Å². The van der Waals surface area contributed by atoms with Gasteiger partial charge in [0, 0.05) is 37.7 Å². The Balaban J connectivity index is -0.000000156. The third-order valence-electron chi connectivity index (χ3n) is 1.93. The largest absolute Gasteiger partial charge is 1.00 e. The van der Waals surface area contributed by atoms with E-state index in [1.165, 1.54) is 0 Å². The first kappa shape index (κ1) is 31.5. The van der Waals surface area contributed by atoms with Crippen molar-refractivity contribution in [3.63, 3.8) is 0 Å². The van der Waals surface area contributed by atoms with Crippen LogP contribution >= 0.6 is 0 Å². The first-order chi connectivity index (χ1) is 9.12. The first-order valence-corrected chi connectivity index (χ1v) is 9.26. The second-order valence-electron chi connectivity index (χ2n) is 3.91. The average molecular weight is 379 g/mol. The Morgan fingerprint density at radius 2 is 1.05 bits per heavy atom. The Morgan fingerprint density at radius 1 is 0.727 bits per heavy atom. The minimum absolute atomic E-state index is 0. The summed E-state index contributed by atoms with van der Waals surface area (Å²) in [5, 5.41) is 3.03. The van der Waals surface area contributed by atoms with Crippen LogP contribution in [0.3, 0.4) is 0 Å². The van der Waals surface area contributed by atoms with Gasteiger partial charge in [0.25, 0.3) is 0 Å². The molecule has 0 aromatic heterocycles. The Kier molecular flexibility index (Phi) is 27.2. The molecule has 0 saturated carbocycles. The van der Waals surface area contributed by atoms with Crippen molar-refractivity contribution >= 4 is 20.2 Å². The zero-order valence-electron chi connectivity index (χ0n) is 13.3. The summed E-state index contributed by atoms with van der Waals surface area (Å²) in [6.07, 6.45) is 0.450. The van der Waals surface area contributed by atoms with E-state index >= 15 is 0 Å². The van der Waals surface area contributed by atoms with E-state index in [2.05, 4.69) is 5.32 Å². The fraction of sp³-hybridized carbons (Fsp3) is 1.00. The van der Waals surface area contributed by atoms with Crippen LogP contribution < -0.4 is 75.9 Å². The quantitative estimate of drug-likeness (QED) is 0.189. The molecular weight excluding hydrogens is 356 g/mol. The maximum Gasteiger partial charge on any atom is 1.00 e. The zero-order valence-corrected chi connectivity index (χ0v) is 18.9. The van der Waals surface area contributed by atoms with E-state index in [4.69, 9.17) is 11.5 Å². The molecule has 22 heavy (non-hydrogen) atoms. The van der Waals surface area contributed by atoms with Crippen molar-refractivity contribution in [1.29, 1.82) is 0 Å². The number of hydrogen-bond donors (Lipinski definition) is 3. The summed E-state index contributed by atoms with van der Waals surface area (Å²) in [6, 6.07) is 0. The van der Waals surface area contributed by atoms with Gasteiger partial charge in [-0.2, -0.15) is 0 Å². The SMILES string of the molecule is NCCNCCN.O=S(=O)([O-])CCCCCS(=O)(=O)[O-].[Na+].[Na+]. The summed E-state index contributed by atoms with van der Waals surface area (Å²) in [4.78, 5) is 0. The van der Waals surface area contributed by atoms with Gasteiger partial charge >= 0.3 is 59.1 Å². The third-order valence-corrected chi connectivity index (χ3v) is 3.51. The average Bonchev–Trinajstić information content (AvgIpc) is 2.27. The van der Waals surface area contributed by atoms with Crippen LogP contribution in [0.15, 0.2) is 0 Å². The van der Waals surface area contributed by atoms with Gasteiger partial charge in [-0.1, -0.05) is 6.42 Å². The maximum atomic E-state index is 10.1. The molecule has 0 rings (SSSR count). The number of rotatable bonds is 10. The van der Waals surface area contributed by atoms with Crippen LogP contribution in [0, 0.1) is 0 Å². The van der Waals surface area contributed by atoms with Gasteiger partial charge in [0.1, 0.15) is 0 Å². The molecule has 0 aliphatic heterocycles. The van der Waals surface area contributed by atoms with Crippen molar-refractivity contribution in [3.05, 3.63) is 0 Å². The minimum atomic E-state index is -4.22. The second kappa shape index (κ2) is 19.0. The maximum absolute atomic E-state index is 10.1. The fourth-order valence-corrected chi connectivity index (χ4v) is 2.18. The summed E-state index contributed by atoms with van der Waals surface area (Å²) in [5.74, 6) is -1.02. The summed E-state index contributed by atoms with van der Waals surface area (Å²) in [6.45, 7) is 3.13. The van der Waals surface area contributed by atoms with E-state index in [1.54, 1.807) is 0 Å². The molecule has 0 unspecified atom stereocenters. The molecule has 5 N–H and O–H groups in total. The molecule has 0 aromatic carbocycles. The van der Waals surface area contributed by atoms with E-state index in [1.807, 2.05) is 0 Å². The first-order valence-electron chi connectivity index (χ1n) is 6.10. The molecule has 0 aliphatic rings. The standard InChI is InChI=1S/C5H12O6S2.C4H13N3.2Na/c6-12(7,8)4-2-1-3-5-13(9,10)11;5-1-3-7-4-2-6;;/h1-5H2,(H,6,7,8)(H,9,10,11);7H,1-6H2;;/q;;2*+1/p-2. The third kappa shape index (κ3) is 37.7. The topological polar surface area (TPSA) is 178 Å². The van der Waals surface area contributed by atoms with Crippen LogP contribution in [0.2, 0.25) is 0 Å². The van der Waals surface area contributed by atoms with Crippen LogP contribution in [-0.2, 0) is 20.2 Å². The summed E-state index contributed by atoms with van der Waals surface area (Å²) >= 11 is 0. The number of unbranched alkanes of at least 4 members (excludes halogenated alkanes) is 2. The van der Waals surface area contributed by atoms with Crippen LogP contribution in [0.1, 0.15) is 19.3 Å². The van der Waals surface area contributed by atoms with Gasteiger partial charge in [0.15, 0.2) is 0 Å². The molecule has 0 fully saturated rings. The number of nitrogens with one attached hydrogen (secondary N) is 1. The van der Waals surface area contributed by atoms with Crippen molar-refractivity contribution in [2.24, 2.45) is 11.5 Å². The monoisotopic (exact) mass is 379 g/mol. The number of hydrogen-bond acceptors (Lipinski definition) is 9. The van der Waals surface area contributed by atoms with Crippen LogP contribution in [0.25, 0.3) is 0 Å². The predicted molar refractivity (Wildman–Crippen MR) is 74.0 cm³/mol. The van der Waals surface area contributed by atoms with Gasteiger partial charge in [-0.05, 0) is 12.8 Å². The molecule has 0 radical (unpaired) electrons.